The smallest absolute Gasteiger partial charge is 0.321 e. The Bertz CT molecular complexity index is 929. The summed E-state index contributed by atoms with van der Waals surface area (Å²) < 4.78 is 31.3. The summed E-state index contributed by atoms with van der Waals surface area (Å²) in [5.74, 6) is -0.480. The summed E-state index contributed by atoms with van der Waals surface area (Å²) in [6.45, 7) is 8.45. The first-order chi connectivity index (χ1) is 17.4. The Balaban J connectivity index is 1.45. The number of amides is 1. The van der Waals surface area contributed by atoms with Crippen LogP contribution in [-0.4, -0.2) is 56.6 Å². The molecule has 5 N–H and O–H groups in total. The molecule has 1 aliphatic heterocycles. The Hall–Kier alpha value is -1.23. The minimum absolute atomic E-state index is 0.0108. The molecule has 0 aromatic rings. The third kappa shape index (κ3) is 6.50. The summed E-state index contributed by atoms with van der Waals surface area (Å²) in [6, 6.07) is -2.12. The molecule has 0 radical (unpaired) electrons. The Kier molecular flexibility index (Phi) is 8.93. The second kappa shape index (κ2) is 11.5. The van der Waals surface area contributed by atoms with Crippen molar-refractivity contribution < 1.29 is 23.1 Å². The van der Waals surface area contributed by atoms with E-state index >= 15 is 0 Å². The zero-order valence-corrected chi connectivity index (χ0v) is 23.7. The molecular formula is C27H48N4O5S. The van der Waals surface area contributed by atoms with Crippen molar-refractivity contribution in [2.75, 3.05) is 13.1 Å². The molecule has 212 valence electrons. The number of carbonyl (C=O) groups is 2. The summed E-state index contributed by atoms with van der Waals surface area (Å²) in [5.41, 5.74) is 0.122. The van der Waals surface area contributed by atoms with Crippen molar-refractivity contribution in [2.45, 2.75) is 116 Å². The lowest BCUT2D eigenvalue weighted by atomic mass is 9.69. The van der Waals surface area contributed by atoms with Crippen LogP contribution in [0.25, 0.3) is 0 Å². The summed E-state index contributed by atoms with van der Waals surface area (Å²) in [4.78, 5) is 25.6. The van der Waals surface area contributed by atoms with Gasteiger partial charge in [-0.05, 0) is 86.6 Å². The number of rotatable bonds is 11. The lowest BCUT2D eigenvalue weighted by molar-refractivity contribution is -0.139. The quantitative estimate of drug-likeness (QED) is 0.273. The number of aliphatic carboxylic acids is 1. The van der Waals surface area contributed by atoms with Crippen molar-refractivity contribution in [3.05, 3.63) is 0 Å². The van der Waals surface area contributed by atoms with Crippen LogP contribution in [0.5, 0.6) is 0 Å². The third-order valence-corrected chi connectivity index (χ3v) is 11.8. The molecule has 1 amide bonds. The highest BCUT2D eigenvalue weighted by atomic mass is 32.2. The van der Waals surface area contributed by atoms with Gasteiger partial charge in [0.2, 0.25) is 5.91 Å². The number of piperidine rings is 1. The fourth-order valence-electron chi connectivity index (χ4n) is 7.72. The van der Waals surface area contributed by atoms with Gasteiger partial charge in [-0.25, -0.2) is 0 Å². The molecule has 0 aromatic carbocycles. The fourth-order valence-corrected chi connectivity index (χ4v) is 8.94. The summed E-state index contributed by atoms with van der Waals surface area (Å²) in [6.07, 6.45) is 10.8. The van der Waals surface area contributed by atoms with Crippen LogP contribution in [0, 0.1) is 28.6 Å². The summed E-state index contributed by atoms with van der Waals surface area (Å²) in [7, 11) is -4.21. The van der Waals surface area contributed by atoms with Crippen molar-refractivity contribution in [2.24, 2.45) is 28.6 Å². The van der Waals surface area contributed by atoms with Crippen molar-refractivity contribution in [1.82, 2.24) is 20.1 Å². The second-order valence-electron chi connectivity index (χ2n) is 13.0. The van der Waals surface area contributed by atoms with E-state index in [2.05, 4.69) is 40.8 Å². The van der Waals surface area contributed by atoms with Gasteiger partial charge in [0.15, 0.2) is 0 Å². The largest absolute Gasteiger partial charge is 0.480 e. The molecule has 3 saturated carbocycles. The van der Waals surface area contributed by atoms with E-state index < -0.39 is 28.3 Å². The Morgan fingerprint density at radius 2 is 1.51 bits per heavy atom. The van der Waals surface area contributed by atoms with Gasteiger partial charge in [-0.3, -0.25) is 9.59 Å². The highest BCUT2D eigenvalue weighted by molar-refractivity contribution is 7.87. The van der Waals surface area contributed by atoms with E-state index in [-0.39, 0.29) is 41.0 Å². The first-order valence-electron chi connectivity index (χ1n) is 14.4. The molecule has 9 nitrogen and oxygen atoms in total. The van der Waals surface area contributed by atoms with E-state index in [4.69, 9.17) is 0 Å². The monoisotopic (exact) mass is 540 g/mol. The van der Waals surface area contributed by atoms with Gasteiger partial charge in [0.05, 0.1) is 0 Å². The molecule has 0 unspecified atom stereocenters. The van der Waals surface area contributed by atoms with E-state index in [1.165, 1.54) is 12.8 Å². The number of carbonyl (C=O) groups excluding carboxylic acids is 1. The maximum atomic E-state index is 13.6. The molecule has 37 heavy (non-hydrogen) atoms. The van der Waals surface area contributed by atoms with Crippen LogP contribution < -0.4 is 20.1 Å². The van der Waals surface area contributed by atoms with E-state index in [1.807, 2.05) is 0 Å². The SMILES string of the molecule is CC1(C)[C@@H]2CC[C@@]1(C)[C@@H](NC(=O)[C@H](CC1CCCCC1)NS(=O)(=O)N[C@@H](CC1CCNCC1)C(=O)O)C2. The summed E-state index contributed by atoms with van der Waals surface area (Å²) >= 11 is 0. The number of hydrogen-bond donors (Lipinski definition) is 5. The standard InChI is InChI=1S/C27H48N4O5S/c1-26(2)20-9-12-27(26,3)23(17-20)29-24(32)21(15-18-7-5-4-6-8-18)30-37(35,36)31-22(25(33)34)16-19-10-13-28-14-11-19/h18-23,28,30-31H,4-17H2,1-3H3,(H,29,32)(H,33,34)/t20-,21+,22+,23+,27+/m1/s1. The number of hydrogen-bond acceptors (Lipinski definition) is 5. The molecule has 3 aliphatic carbocycles. The minimum atomic E-state index is -4.21. The summed E-state index contributed by atoms with van der Waals surface area (Å²) in [5, 5.41) is 16.2. The van der Waals surface area contributed by atoms with Gasteiger partial charge in [0.1, 0.15) is 12.1 Å². The molecule has 0 aromatic heterocycles. The molecular weight excluding hydrogens is 492 g/mol. The van der Waals surface area contributed by atoms with Crippen LogP contribution in [0.2, 0.25) is 0 Å². The van der Waals surface area contributed by atoms with Crippen LogP contribution in [-0.2, 0) is 19.8 Å². The fraction of sp³-hybridized carbons (Fsp3) is 0.926. The molecule has 4 rings (SSSR count). The predicted octanol–water partition coefficient (Wildman–Crippen LogP) is 2.92. The average molecular weight is 541 g/mol. The zero-order valence-electron chi connectivity index (χ0n) is 22.9. The van der Waals surface area contributed by atoms with Gasteiger partial charge < -0.3 is 15.7 Å². The molecule has 10 heteroatoms. The normalized spacial score (nSPS) is 32.2. The molecule has 0 spiro atoms. The molecule has 1 saturated heterocycles. The Labute approximate surface area is 222 Å². The molecule has 4 fully saturated rings. The van der Waals surface area contributed by atoms with Crippen LogP contribution >= 0.6 is 0 Å². The van der Waals surface area contributed by atoms with Crippen molar-refractivity contribution in [3.8, 4) is 0 Å². The highest BCUT2D eigenvalue weighted by Crippen LogP contribution is 2.65. The maximum absolute atomic E-state index is 13.6. The number of carboxylic acids is 1. The lowest BCUT2D eigenvalue weighted by Gasteiger charge is -2.40. The van der Waals surface area contributed by atoms with Crippen LogP contribution in [0.15, 0.2) is 0 Å². The predicted molar refractivity (Wildman–Crippen MR) is 143 cm³/mol. The van der Waals surface area contributed by atoms with Gasteiger partial charge >= 0.3 is 5.97 Å². The van der Waals surface area contributed by atoms with E-state index in [1.54, 1.807) is 0 Å². The maximum Gasteiger partial charge on any atom is 0.321 e. The average Bonchev–Trinajstić information content (AvgIpc) is 3.18. The molecule has 1 heterocycles. The van der Waals surface area contributed by atoms with Crippen LogP contribution in [0.3, 0.4) is 0 Å². The molecule has 2 bridgehead atoms. The van der Waals surface area contributed by atoms with Gasteiger partial charge in [0.25, 0.3) is 10.2 Å². The lowest BCUT2D eigenvalue weighted by Crippen LogP contribution is -2.57. The highest BCUT2D eigenvalue weighted by Gasteiger charge is 2.61. The number of nitrogens with one attached hydrogen (secondary N) is 4. The van der Waals surface area contributed by atoms with Crippen LogP contribution in [0.4, 0.5) is 0 Å². The number of carboxylic acid groups (broad SMARTS) is 1. The van der Waals surface area contributed by atoms with Crippen LogP contribution in [0.1, 0.15) is 97.8 Å². The first-order valence-corrected chi connectivity index (χ1v) is 15.9. The Morgan fingerprint density at radius 1 is 0.919 bits per heavy atom. The van der Waals surface area contributed by atoms with Gasteiger partial charge in [-0.1, -0.05) is 52.9 Å². The Morgan fingerprint density at radius 3 is 2.08 bits per heavy atom. The van der Waals surface area contributed by atoms with Crippen molar-refractivity contribution in [1.29, 1.82) is 0 Å². The minimum Gasteiger partial charge on any atom is -0.480 e. The van der Waals surface area contributed by atoms with Gasteiger partial charge in [0, 0.05) is 6.04 Å². The molecule has 5 atom stereocenters. The first kappa shape index (κ1) is 28.8. The topological polar surface area (TPSA) is 137 Å². The van der Waals surface area contributed by atoms with Gasteiger partial charge in [-0.2, -0.15) is 17.9 Å². The number of fused-ring (bicyclic) bond motifs is 2. The third-order valence-electron chi connectivity index (χ3n) is 10.6. The van der Waals surface area contributed by atoms with Gasteiger partial charge in [-0.15, -0.1) is 0 Å². The van der Waals surface area contributed by atoms with E-state index in [0.29, 0.717) is 12.3 Å². The molecule has 4 aliphatic rings. The van der Waals surface area contributed by atoms with E-state index in [9.17, 15) is 23.1 Å². The zero-order chi connectivity index (χ0) is 26.8. The van der Waals surface area contributed by atoms with Crippen molar-refractivity contribution in [3.63, 3.8) is 0 Å². The van der Waals surface area contributed by atoms with Crippen molar-refractivity contribution >= 4 is 22.1 Å². The second-order valence-corrected chi connectivity index (χ2v) is 14.5. The van der Waals surface area contributed by atoms with E-state index in [0.717, 1.165) is 64.5 Å².